The van der Waals surface area contributed by atoms with Crippen LogP contribution in [0.15, 0.2) is 174 Å². The topological polar surface area (TPSA) is 29.3 Å². The van der Waals surface area contributed by atoms with Crippen LogP contribution in [-0.4, -0.2) is 4.98 Å². The van der Waals surface area contributed by atoms with Gasteiger partial charge in [0.15, 0.2) is 5.58 Å². The molecule has 1 aromatic heterocycles. The van der Waals surface area contributed by atoms with E-state index in [2.05, 4.69) is 144 Å². The second-order valence-corrected chi connectivity index (χ2v) is 11.6. The first-order chi connectivity index (χ1) is 22.8. The zero-order chi connectivity index (χ0) is 30.5. The number of benzene rings is 8. The molecule has 9 aromatic rings. The predicted molar refractivity (Wildman–Crippen MR) is 192 cm³/mol. The van der Waals surface area contributed by atoms with E-state index in [1.165, 1.54) is 21.9 Å². The molecule has 0 amide bonds. The average molecular weight is 589 g/mol. The van der Waals surface area contributed by atoms with Crippen molar-refractivity contribution in [2.45, 2.75) is 0 Å². The number of anilines is 3. The van der Waals surface area contributed by atoms with E-state index in [0.717, 1.165) is 55.3 Å². The molecule has 8 aromatic carbocycles. The van der Waals surface area contributed by atoms with Gasteiger partial charge < -0.3 is 9.32 Å². The van der Waals surface area contributed by atoms with E-state index in [4.69, 9.17) is 9.40 Å². The maximum absolute atomic E-state index is 6.53. The third kappa shape index (κ3) is 4.41. The Morgan fingerprint density at radius 1 is 0.435 bits per heavy atom. The van der Waals surface area contributed by atoms with Gasteiger partial charge in [-0.15, -0.1) is 0 Å². The van der Waals surface area contributed by atoms with Crippen LogP contribution < -0.4 is 4.90 Å². The number of hydrogen-bond donors (Lipinski definition) is 0. The fourth-order valence-electron chi connectivity index (χ4n) is 6.66. The standard InChI is InChI=1S/C43H28N2O/c1-4-12-29(13-5-1)38-28-36(26-33-16-10-11-19-37(33)38)45(34-17-8-3-9-18-34)35-24-22-30-20-21-31-23-25-40-42(41(31)39(30)27-35)46-43(44-40)32-14-6-2-7-15-32/h1-28H. The Hall–Kier alpha value is -6.19. The van der Waals surface area contributed by atoms with E-state index in [0.29, 0.717) is 5.89 Å². The normalized spacial score (nSPS) is 11.5. The van der Waals surface area contributed by atoms with Crippen molar-refractivity contribution in [3.05, 3.63) is 170 Å². The highest BCUT2D eigenvalue weighted by Gasteiger charge is 2.18. The molecule has 0 bridgehead atoms. The van der Waals surface area contributed by atoms with Gasteiger partial charge in [0.1, 0.15) is 5.52 Å². The van der Waals surface area contributed by atoms with Crippen molar-refractivity contribution < 1.29 is 4.42 Å². The van der Waals surface area contributed by atoms with Crippen LogP contribution in [0.25, 0.3) is 66.0 Å². The molecule has 0 aliphatic carbocycles. The number of fused-ring (bicyclic) bond motifs is 6. The molecule has 216 valence electrons. The van der Waals surface area contributed by atoms with E-state index < -0.39 is 0 Å². The summed E-state index contributed by atoms with van der Waals surface area (Å²) in [6.45, 7) is 0. The lowest BCUT2D eigenvalue weighted by Crippen LogP contribution is -2.10. The lowest BCUT2D eigenvalue weighted by atomic mass is 9.96. The molecule has 0 aliphatic heterocycles. The van der Waals surface area contributed by atoms with E-state index >= 15 is 0 Å². The van der Waals surface area contributed by atoms with Gasteiger partial charge in [0.25, 0.3) is 0 Å². The molecule has 0 atom stereocenters. The van der Waals surface area contributed by atoms with E-state index in [1.54, 1.807) is 0 Å². The SMILES string of the molecule is c1ccc(-c2nc3ccc4ccc5ccc(N(c6ccccc6)c6cc(-c7ccccc7)c7ccccc7c6)cc5c4c3o2)cc1. The first-order valence-corrected chi connectivity index (χ1v) is 15.5. The minimum absolute atomic E-state index is 0.631. The monoisotopic (exact) mass is 588 g/mol. The van der Waals surface area contributed by atoms with Gasteiger partial charge in [-0.3, -0.25) is 0 Å². The summed E-state index contributed by atoms with van der Waals surface area (Å²) in [6.07, 6.45) is 0. The minimum atomic E-state index is 0.631. The quantitative estimate of drug-likeness (QED) is 0.187. The molecule has 0 unspecified atom stereocenters. The van der Waals surface area contributed by atoms with Crippen molar-refractivity contribution >= 4 is 60.5 Å². The maximum Gasteiger partial charge on any atom is 0.227 e. The Kier molecular flexibility index (Phi) is 6.14. The van der Waals surface area contributed by atoms with Gasteiger partial charge in [-0.05, 0) is 92.7 Å². The maximum atomic E-state index is 6.53. The summed E-state index contributed by atoms with van der Waals surface area (Å²) in [6, 6.07) is 59.9. The first kappa shape index (κ1) is 26.2. The Morgan fingerprint density at radius 2 is 1.09 bits per heavy atom. The highest BCUT2D eigenvalue weighted by atomic mass is 16.3. The Balaban J connectivity index is 1.30. The van der Waals surface area contributed by atoms with Crippen LogP contribution in [0, 0.1) is 0 Å². The van der Waals surface area contributed by atoms with Crippen LogP contribution >= 0.6 is 0 Å². The third-order valence-electron chi connectivity index (χ3n) is 8.82. The molecule has 0 saturated heterocycles. The van der Waals surface area contributed by atoms with Gasteiger partial charge in [0.05, 0.1) is 0 Å². The lowest BCUT2D eigenvalue weighted by molar-refractivity contribution is 0.623. The van der Waals surface area contributed by atoms with E-state index in [-0.39, 0.29) is 0 Å². The predicted octanol–water partition coefficient (Wildman–Crippen LogP) is 12.1. The number of rotatable bonds is 5. The third-order valence-corrected chi connectivity index (χ3v) is 8.82. The smallest absolute Gasteiger partial charge is 0.227 e. The van der Waals surface area contributed by atoms with Crippen LogP contribution in [0.3, 0.4) is 0 Å². The molecule has 46 heavy (non-hydrogen) atoms. The summed E-state index contributed by atoms with van der Waals surface area (Å²) in [7, 11) is 0. The summed E-state index contributed by atoms with van der Waals surface area (Å²) in [5, 5.41) is 6.90. The Morgan fingerprint density at radius 3 is 1.89 bits per heavy atom. The molecule has 3 nitrogen and oxygen atoms in total. The van der Waals surface area contributed by atoms with E-state index in [1.807, 2.05) is 30.3 Å². The van der Waals surface area contributed by atoms with Crippen molar-refractivity contribution in [1.29, 1.82) is 0 Å². The number of aromatic nitrogens is 1. The summed E-state index contributed by atoms with van der Waals surface area (Å²) < 4.78 is 6.53. The van der Waals surface area contributed by atoms with Crippen molar-refractivity contribution in [2.24, 2.45) is 0 Å². The summed E-state index contributed by atoms with van der Waals surface area (Å²) >= 11 is 0. The zero-order valence-electron chi connectivity index (χ0n) is 25.0. The number of hydrogen-bond acceptors (Lipinski definition) is 3. The molecule has 0 fully saturated rings. The second-order valence-electron chi connectivity index (χ2n) is 11.6. The summed E-state index contributed by atoms with van der Waals surface area (Å²) in [5.74, 6) is 0.631. The van der Waals surface area contributed by atoms with Crippen LogP contribution in [0.5, 0.6) is 0 Å². The highest BCUT2D eigenvalue weighted by molar-refractivity contribution is 6.18. The fraction of sp³-hybridized carbons (Fsp3) is 0. The molecule has 0 saturated carbocycles. The van der Waals surface area contributed by atoms with Gasteiger partial charge in [-0.2, -0.15) is 0 Å². The molecule has 0 spiro atoms. The molecule has 9 rings (SSSR count). The Labute approximate surface area is 266 Å². The zero-order valence-corrected chi connectivity index (χ0v) is 25.0. The molecule has 0 aliphatic rings. The molecule has 0 radical (unpaired) electrons. The highest BCUT2D eigenvalue weighted by Crippen LogP contribution is 2.42. The Bertz CT molecular complexity index is 2520. The van der Waals surface area contributed by atoms with Crippen molar-refractivity contribution in [2.75, 3.05) is 4.90 Å². The van der Waals surface area contributed by atoms with Crippen LogP contribution in [0.2, 0.25) is 0 Å². The molecule has 1 heterocycles. The van der Waals surface area contributed by atoms with E-state index in [9.17, 15) is 0 Å². The summed E-state index contributed by atoms with van der Waals surface area (Å²) in [5.41, 5.74) is 8.28. The fourth-order valence-corrected chi connectivity index (χ4v) is 6.66. The van der Waals surface area contributed by atoms with Gasteiger partial charge in [-0.25, -0.2) is 4.98 Å². The van der Waals surface area contributed by atoms with Gasteiger partial charge in [-0.1, -0.05) is 115 Å². The minimum Gasteiger partial charge on any atom is -0.435 e. The van der Waals surface area contributed by atoms with Crippen LogP contribution in [0.4, 0.5) is 17.1 Å². The lowest BCUT2D eigenvalue weighted by Gasteiger charge is -2.27. The summed E-state index contributed by atoms with van der Waals surface area (Å²) in [4.78, 5) is 7.24. The number of nitrogens with zero attached hydrogens (tertiary/aromatic N) is 2. The molecular formula is C43H28N2O. The van der Waals surface area contributed by atoms with Gasteiger partial charge in [0, 0.05) is 28.0 Å². The first-order valence-electron chi connectivity index (χ1n) is 15.5. The van der Waals surface area contributed by atoms with Crippen molar-refractivity contribution in [3.63, 3.8) is 0 Å². The molecular weight excluding hydrogens is 560 g/mol. The van der Waals surface area contributed by atoms with Crippen molar-refractivity contribution in [3.8, 4) is 22.6 Å². The average Bonchev–Trinajstić information content (AvgIpc) is 3.57. The molecule has 3 heteroatoms. The largest absolute Gasteiger partial charge is 0.435 e. The second kappa shape index (κ2) is 10.8. The van der Waals surface area contributed by atoms with Gasteiger partial charge >= 0.3 is 0 Å². The number of oxazole rings is 1. The van der Waals surface area contributed by atoms with Crippen molar-refractivity contribution in [1.82, 2.24) is 4.98 Å². The van der Waals surface area contributed by atoms with Crippen LogP contribution in [0.1, 0.15) is 0 Å². The van der Waals surface area contributed by atoms with Gasteiger partial charge in [0.2, 0.25) is 5.89 Å². The number of para-hydroxylation sites is 1. The van der Waals surface area contributed by atoms with Crippen LogP contribution in [-0.2, 0) is 0 Å². The molecule has 0 N–H and O–H groups in total.